The number of fused-ring (bicyclic) bond motifs is 1. The van der Waals surface area contributed by atoms with E-state index in [0.717, 1.165) is 78.5 Å². The van der Waals surface area contributed by atoms with Crippen molar-refractivity contribution in [3.8, 4) is 11.5 Å². The van der Waals surface area contributed by atoms with Crippen molar-refractivity contribution in [2.45, 2.75) is 27.2 Å². The first-order valence-corrected chi connectivity index (χ1v) is 13.1. The normalized spacial score (nSPS) is 11.4. The molecular formula is C31H42N4O2. The van der Waals surface area contributed by atoms with Gasteiger partial charge in [-0.15, -0.1) is 6.58 Å². The summed E-state index contributed by atoms with van der Waals surface area (Å²) in [5, 5.41) is 8.89. The van der Waals surface area contributed by atoms with Gasteiger partial charge in [0.15, 0.2) is 11.5 Å². The van der Waals surface area contributed by atoms with E-state index in [0.29, 0.717) is 6.61 Å². The van der Waals surface area contributed by atoms with Gasteiger partial charge < -0.3 is 20.1 Å². The van der Waals surface area contributed by atoms with E-state index in [1.807, 2.05) is 32.2 Å². The number of nitrogens with zero attached hydrogens (tertiary/aromatic N) is 2. The van der Waals surface area contributed by atoms with Crippen LogP contribution in [-0.4, -0.2) is 63.4 Å². The van der Waals surface area contributed by atoms with Gasteiger partial charge in [0.25, 0.3) is 0 Å². The summed E-state index contributed by atoms with van der Waals surface area (Å²) < 4.78 is 11.5. The van der Waals surface area contributed by atoms with Crippen LogP contribution in [0.5, 0.6) is 11.5 Å². The molecular weight excluding hydrogens is 460 g/mol. The number of benzene rings is 2. The minimum atomic E-state index is 0.570. The van der Waals surface area contributed by atoms with Crippen molar-refractivity contribution in [1.29, 1.82) is 0 Å². The number of nitrogens with one attached hydrogen (secondary N) is 2. The summed E-state index contributed by atoms with van der Waals surface area (Å²) in [7, 11) is 3.66. The number of aromatic nitrogens is 1. The van der Waals surface area contributed by atoms with Crippen LogP contribution in [0.4, 0.5) is 5.82 Å². The van der Waals surface area contributed by atoms with Crippen LogP contribution in [0.15, 0.2) is 49.1 Å². The van der Waals surface area contributed by atoms with E-state index in [4.69, 9.17) is 14.5 Å². The molecule has 0 atom stereocenters. The lowest BCUT2D eigenvalue weighted by Gasteiger charge is -2.20. The van der Waals surface area contributed by atoms with Crippen molar-refractivity contribution in [1.82, 2.24) is 15.2 Å². The van der Waals surface area contributed by atoms with Gasteiger partial charge in [-0.05, 0) is 80.6 Å². The summed E-state index contributed by atoms with van der Waals surface area (Å²) in [5.74, 6) is 2.30. The average molecular weight is 503 g/mol. The van der Waals surface area contributed by atoms with Crippen LogP contribution >= 0.6 is 0 Å². The zero-order valence-electron chi connectivity index (χ0n) is 23.1. The molecule has 0 amide bonds. The maximum atomic E-state index is 5.85. The van der Waals surface area contributed by atoms with Crippen molar-refractivity contribution in [2.75, 3.05) is 58.8 Å². The van der Waals surface area contributed by atoms with Gasteiger partial charge in [-0.3, -0.25) is 4.90 Å². The number of likely N-dealkylation sites (N-methyl/N-ethyl adjacent to an activating group) is 1. The van der Waals surface area contributed by atoms with Gasteiger partial charge in [-0.1, -0.05) is 30.4 Å². The Labute approximate surface area is 222 Å². The molecule has 0 aliphatic carbocycles. The minimum Gasteiger partial charge on any atom is -0.493 e. The van der Waals surface area contributed by atoms with Gasteiger partial charge in [0.05, 0.1) is 19.4 Å². The minimum absolute atomic E-state index is 0.570. The number of hydrogen-bond acceptors (Lipinski definition) is 6. The third-order valence-corrected chi connectivity index (χ3v) is 6.42. The predicted octanol–water partition coefficient (Wildman–Crippen LogP) is 5.94. The summed E-state index contributed by atoms with van der Waals surface area (Å²) in [4.78, 5) is 7.38. The fraction of sp³-hybridized carbons (Fsp3) is 0.387. The quantitative estimate of drug-likeness (QED) is 0.198. The third-order valence-electron chi connectivity index (χ3n) is 6.42. The number of methoxy groups -OCH3 is 1. The number of hydrogen-bond donors (Lipinski definition) is 2. The van der Waals surface area contributed by atoms with Crippen LogP contribution in [0, 0.1) is 13.8 Å². The molecule has 37 heavy (non-hydrogen) atoms. The lowest BCUT2D eigenvalue weighted by molar-refractivity contribution is 0.303. The molecule has 3 aromatic rings. The SMILES string of the molecule is C=CCN(CCCNc1nc(C=Cc2ccc(C)c(C)c2)cc2cc(OC)c(OCC)cc12)CCNC. The highest BCUT2D eigenvalue weighted by Gasteiger charge is 2.12. The van der Waals surface area contributed by atoms with Gasteiger partial charge in [0.2, 0.25) is 0 Å². The summed E-state index contributed by atoms with van der Waals surface area (Å²) in [6, 6.07) is 12.7. The van der Waals surface area contributed by atoms with Gasteiger partial charge in [0.1, 0.15) is 5.82 Å². The second kappa shape index (κ2) is 14.4. The molecule has 0 spiro atoms. The molecule has 0 aliphatic rings. The maximum absolute atomic E-state index is 5.85. The number of ether oxygens (including phenoxy) is 2. The highest BCUT2D eigenvalue weighted by atomic mass is 16.5. The molecule has 2 N–H and O–H groups in total. The zero-order chi connectivity index (χ0) is 26.6. The standard InChI is InChI=1S/C31H42N4O2/c1-7-16-35(18-15-32-5)17-9-14-33-31-28-22-30(37-8-2)29(36-6)21-26(28)20-27(34-31)13-12-25-11-10-23(3)24(4)19-25/h7,10-13,19-22,32H,1,8-9,14-18H2,2-6H3,(H,33,34). The Hall–Kier alpha value is -3.35. The summed E-state index contributed by atoms with van der Waals surface area (Å²) in [6.07, 6.45) is 7.15. The predicted molar refractivity (Wildman–Crippen MR) is 158 cm³/mol. The number of rotatable bonds is 15. The van der Waals surface area contributed by atoms with E-state index in [1.165, 1.54) is 11.1 Å². The Bertz CT molecular complexity index is 1210. The molecule has 0 bridgehead atoms. The third kappa shape index (κ3) is 8.07. The second-order valence-electron chi connectivity index (χ2n) is 9.20. The maximum Gasteiger partial charge on any atom is 0.161 e. The summed E-state index contributed by atoms with van der Waals surface area (Å²) in [5.41, 5.74) is 4.63. The van der Waals surface area contributed by atoms with Gasteiger partial charge in [-0.25, -0.2) is 4.98 Å². The Morgan fingerprint density at radius 2 is 1.84 bits per heavy atom. The van der Waals surface area contributed by atoms with Crippen molar-refractivity contribution in [3.63, 3.8) is 0 Å². The van der Waals surface area contributed by atoms with Gasteiger partial charge in [0, 0.05) is 38.1 Å². The van der Waals surface area contributed by atoms with E-state index >= 15 is 0 Å². The smallest absolute Gasteiger partial charge is 0.161 e. The molecule has 0 unspecified atom stereocenters. The Balaban J connectivity index is 1.88. The Morgan fingerprint density at radius 3 is 2.54 bits per heavy atom. The van der Waals surface area contributed by atoms with Crippen molar-refractivity contribution in [2.24, 2.45) is 0 Å². The van der Waals surface area contributed by atoms with E-state index < -0.39 is 0 Å². The fourth-order valence-corrected chi connectivity index (χ4v) is 4.24. The molecule has 6 heteroatoms. The van der Waals surface area contributed by atoms with E-state index in [9.17, 15) is 0 Å². The van der Waals surface area contributed by atoms with E-state index in [1.54, 1.807) is 7.11 Å². The van der Waals surface area contributed by atoms with E-state index in [-0.39, 0.29) is 0 Å². The monoisotopic (exact) mass is 502 g/mol. The molecule has 0 aliphatic heterocycles. The highest BCUT2D eigenvalue weighted by Crippen LogP contribution is 2.35. The van der Waals surface area contributed by atoms with Crippen LogP contribution in [0.2, 0.25) is 0 Å². The summed E-state index contributed by atoms with van der Waals surface area (Å²) >= 11 is 0. The molecule has 3 rings (SSSR count). The number of aryl methyl sites for hydroxylation is 2. The van der Waals surface area contributed by atoms with Crippen molar-refractivity contribution >= 4 is 28.7 Å². The molecule has 0 radical (unpaired) electrons. The average Bonchev–Trinajstić information content (AvgIpc) is 2.90. The molecule has 6 nitrogen and oxygen atoms in total. The number of anilines is 1. The first-order valence-electron chi connectivity index (χ1n) is 13.1. The van der Waals surface area contributed by atoms with Crippen LogP contribution < -0.4 is 20.1 Å². The fourth-order valence-electron chi connectivity index (χ4n) is 4.24. The van der Waals surface area contributed by atoms with Crippen LogP contribution in [0.3, 0.4) is 0 Å². The largest absolute Gasteiger partial charge is 0.493 e. The molecule has 2 aromatic carbocycles. The highest BCUT2D eigenvalue weighted by molar-refractivity contribution is 5.96. The first-order chi connectivity index (χ1) is 18.0. The lowest BCUT2D eigenvalue weighted by Crippen LogP contribution is -2.32. The van der Waals surface area contributed by atoms with Crippen LogP contribution in [0.1, 0.15) is 35.7 Å². The topological polar surface area (TPSA) is 58.7 Å². The Morgan fingerprint density at radius 1 is 1.00 bits per heavy atom. The molecule has 0 fully saturated rings. The second-order valence-corrected chi connectivity index (χ2v) is 9.20. The van der Waals surface area contributed by atoms with Gasteiger partial charge in [-0.2, -0.15) is 0 Å². The Kier molecular flexibility index (Phi) is 11.0. The first kappa shape index (κ1) is 28.2. The molecule has 198 valence electrons. The van der Waals surface area contributed by atoms with Crippen LogP contribution in [0.25, 0.3) is 22.9 Å². The van der Waals surface area contributed by atoms with E-state index in [2.05, 4.69) is 72.4 Å². The van der Waals surface area contributed by atoms with Gasteiger partial charge >= 0.3 is 0 Å². The lowest BCUT2D eigenvalue weighted by atomic mass is 10.1. The zero-order valence-corrected chi connectivity index (χ0v) is 23.1. The molecule has 0 saturated carbocycles. The van der Waals surface area contributed by atoms with Crippen molar-refractivity contribution in [3.05, 3.63) is 71.4 Å². The number of pyridine rings is 1. The summed E-state index contributed by atoms with van der Waals surface area (Å²) in [6.45, 7) is 15.4. The molecule has 1 aromatic heterocycles. The van der Waals surface area contributed by atoms with Crippen LogP contribution in [-0.2, 0) is 0 Å². The molecule has 1 heterocycles. The molecule has 0 saturated heterocycles. The van der Waals surface area contributed by atoms with Crippen molar-refractivity contribution < 1.29 is 9.47 Å².